The Kier molecular flexibility index (Phi) is 4.88. The van der Waals surface area contributed by atoms with E-state index in [1.165, 1.54) is 6.08 Å². The van der Waals surface area contributed by atoms with E-state index in [1.807, 2.05) is 22.6 Å². The molecule has 9 heavy (non-hydrogen) atoms. The highest BCUT2D eigenvalue weighted by Gasteiger charge is 1.93. The van der Waals surface area contributed by atoms with Gasteiger partial charge in [-0.3, -0.25) is 4.79 Å². The Morgan fingerprint density at radius 1 is 1.67 bits per heavy atom. The van der Waals surface area contributed by atoms with Crippen molar-refractivity contribution < 1.29 is 4.79 Å². The second kappa shape index (κ2) is 4.87. The summed E-state index contributed by atoms with van der Waals surface area (Å²) in [5.74, 6) is -0.507. The van der Waals surface area contributed by atoms with Gasteiger partial charge in [0.15, 0.2) is 0 Å². The highest BCUT2D eigenvalue weighted by atomic mass is 127. The molecule has 0 fully saturated rings. The minimum atomic E-state index is -0.507. The van der Waals surface area contributed by atoms with Gasteiger partial charge < -0.3 is 5.73 Å². The molecule has 2 nitrogen and oxygen atoms in total. The fourth-order valence-electron chi connectivity index (χ4n) is 0.210. The molecule has 0 aromatic heterocycles. The van der Waals surface area contributed by atoms with Gasteiger partial charge in [0.1, 0.15) is 0 Å². The van der Waals surface area contributed by atoms with Gasteiger partial charge in [-0.15, -0.1) is 12.6 Å². The monoisotopic (exact) mass is 255 g/mol. The molecule has 0 rings (SSSR count). The molecule has 0 unspecified atom stereocenters. The number of primary amides is 1. The Morgan fingerprint density at radius 3 is 2.56 bits per heavy atom. The van der Waals surface area contributed by atoms with Crippen LogP contribution in [-0.2, 0) is 4.79 Å². The van der Waals surface area contributed by atoms with E-state index in [0.717, 1.165) is 0 Å². The van der Waals surface area contributed by atoms with Gasteiger partial charge in [0, 0.05) is 0 Å². The minimum absolute atomic E-state index is 0.267. The average molecular weight is 255 g/mol. The topological polar surface area (TPSA) is 43.1 Å². The number of amides is 1. The van der Waals surface area contributed by atoms with Crippen molar-refractivity contribution >= 4 is 41.1 Å². The molecule has 0 aromatic carbocycles. The Labute approximate surface area is 72.7 Å². The van der Waals surface area contributed by atoms with E-state index in [-0.39, 0.29) is 4.91 Å². The van der Waals surface area contributed by atoms with Gasteiger partial charge in [-0.1, -0.05) is 28.7 Å². The summed E-state index contributed by atoms with van der Waals surface area (Å²) in [5, 5.41) is 0. The van der Waals surface area contributed by atoms with Crippen molar-refractivity contribution in [2.24, 2.45) is 5.73 Å². The molecule has 2 N–H and O–H groups in total. The molecule has 0 radical (unpaired) electrons. The molecular weight excluding hydrogens is 249 g/mol. The number of hydrogen-bond donors (Lipinski definition) is 2. The lowest BCUT2D eigenvalue weighted by Crippen LogP contribution is -2.09. The van der Waals surface area contributed by atoms with E-state index in [4.69, 9.17) is 5.73 Å². The van der Waals surface area contributed by atoms with Gasteiger partial charge in [-0.2, -0.15) is 0 Å². The number of hydrogen-bond acceptors (Lipinski definition) is 2. The molecule has 1 amide bonds. The van der Waals surface area contributed by atoms with Crippen molar-refractivity contribution in [3.63, 3.8) is 0 Å². The summed E-state index contributed by atoms with van der Waals surface area (Å²) in [4.78, 5) is 10.5. The molecule has 0 aromatic rings. The Bertz CT molecular complexity index is 164. The van der Waals surface area contributed by atoms with Gasteiger partial charge >= 0.3 is 0 Å². The van der Waals surface area contributed by atoms with Crippen LogP contribution in [0.15, 0.2) is 21.1 Å². The van der Waals surface area contributed by atoms with Crippen molar-refractivity contribution in [3.8, 4) is 0 Å². The van der Waals surface area contributed by atoms with Crippen LogP contribution >= 0.6 is 35.2 Å². The van der Waals surface area contributed by atoms with Gasteiger partial charge in [-0.05, 0) is 10.2 Å². The first-order chi connectivity index (χ1) is 4.18. The van der Waals surface area contributed by atoms with Crippen LogP contribution in [0.3, 0.4) is 0 Å². The third-order valence-electron chi connectivity index (χ3n) is 0.579. The number of carbonyl (C=O) groups is 1. The maximum Gasteiger partial charge on any atom is 0.254 e. The lowest BCUT2D eigenvalue weighted by atomic mass is 10.5. The number of rotatable bonds is 2. The maximum atomic E-state index is 10.2. The van der Waals surface area contributed by atoms with Gasteiger partial charge in [0.2, 0.25) is 0 Å². The Hall–Kier alpha value is 0.0300. The van der Waals surface area contributed by atoms with Gasteiger partial charge in [-0.25, -0.2) is 0 Å². The average Bonchev–Trinajstić information content (AvgIpc) is 1.82. The fourth-order valence-corrected chi connectivity index (χ4v) is 0.503. The molecule has 0 saturated heterocycles. The molecular formula is C5H6INOS. The maximum absolute atomic E-state index is 10.2. The van der Waals surface area contributed by atoms with Crippen LogP contribution in [0.1, 0.15) is 0 Å². The SMILES string of the molecule is NC(=O)/C(S)=C/C=C\I. The van der Waals surface area contributed by atoms with Crippen molar-refractivity contribution in [1.29, 1.82) is 0 Å². The summed E-state index contributed by atoms with van der Waals surface area (Å²) >= 11 is 5.82. The van der Waals surface area contributed by atoms with E-state index in [1.54, 1.807) is 10.2 Å². The highest BCUT2D eigenvalue weighted by Crippen LogP contribution is 1.98. The van der Waals surface area contributed by atoms with E-state index in [2.05, 4.69) is 12.6 Å². The normalized spacial score (nSPS) is 12.4. The van der Waals surface area contributed by atoms with E-state index in [9.17, 15) is 4.79 Å². The molecule has 0 aliphatic carbocycles. The predicted molar refractivity (Wildman–Crippen MR) is 49.4 cm³/mol. The first-order valence-electron chi connectivity index (χ1n) is 2.14. The second-order valence-corrected chi connectivity index (χ2v) is 2.44. The van der Waals surface area contributed by atoms with Crippen molar-refractivity contribution in [2.75, 3.05) is 0 Å². The van der Waals surface area contributed by atoms with Crippen molar-refractivity contribution in [2.45, 2.75) is 0 Å². The highest BCUT2D eigenvalue weighted by molar-refractivity contribution is 14.1. The first kappa shape index (κ1) is 9.03. The minimum Gasteiger partial charge on any atom is -0.365 e. The van der Waals surface area contributed by atoms with Crippen LogP contribution in [0.25, 0.3) is 0 Å². The summed E-state index contributed by atoms with van der Waals surface area (Å²) in [7, 11) is 0. The third-order valence-corrected chi connectivity index (χ3v) is 1.36. The second-order valence-electron chi connectivity index (χ2n) is 1.23. The quantitative estimate of drug-likeness (QED) is 0.331. The summed E-state index contributed by atoms with van der Waals surface area (Å²) in [6.07, 6.45) is 3.23. The number of allylic oxidation sites excluding steroid dienone is 2. The third kappa shape index (κ3) is 4.53. The Morgan fingerprint density at radius 2 is 2.22 bits per heavy atom. The molecule has 0 spiro atoms. The molecule has 0 aliphatic heterocycles. The fraction of sp³-hybridized carbons (Fsp3) is 0. The molecule has 0 bridgehead atoms. The van der Waals surface area contributed by atoms with Gasteiger partial charge in [0.05, 0.1) is 4.91 Å². The van der Waals surface area contributed by atoms with Crippen LogP contribution in [0.2, 0.25) is 0 Å². The van der Waals surface area contributed by atoms with Gasteiger partial charge in [0.25, 0.3) is 5.91 Å². The standard InChI is InChI=1S/C5H6INOS/c6-3-1-2-4(9)5(7)8/h1-3,9H,(H2,7,8)/b3-1-,4-2-. The van der Waals surface area contributed by atoms with Crippen LogP contribution in [-0.4, -0.2) is 5.91 Å². The van der Waals surface area contributed by atoms with E-state index in [0.29, 0.717) is 0 Å². The van der Waals surface area contributed by atoms with Crippen LogP contribution in [0, 0.1) is 0 Å². The lowest BCUT2D eigenvalue weighted by molar-refractivity contribution is -0.113. The van der Waals surface area contributed by atoms with Crippen LogP contribution in [0.4, 0.5) is 0 Å². The van der Waals surface area contributed by atoms with E-state index < -0.39 is 5.91 Å². The zero-order valence-electron chi connectivity index (χ0n) is 4.54. The number of thiol groups is 1. The lowest BCUT2D eigenvalue weighted by Gasteiger charge is -1.85. The smallest absolute Gasteiger partial charge is 0.254 e. The zero-order chi connectivity index (χ0) is 7.28. The molecule has 0 aliphatic rings. The summed E-state index contributed by atoms with van der Waals surface area (Å²) in [5.41, 5.74) is 4.86. The predicted octanol–water partition coefficient (Wildman–Crippen LogP) is 1.23. The molecule has 4 heteroatoms. The largest absolute Gasteiger partial charge is 0.365 e. The molecule has 0 heterocycles. The van der Waals surface area contributed by atoms with Crippen molar-refractivity contribution in [1.82, 2.24) is 0 Å². The van der Waals surface area contributed by atoms with Crippen LogP contribution in [0.5, 0.6) is 0 Å². The summed E-state index contributed by atoms with van der Waals surface area (Å²) in [6.45, 7) is 0. The summed E-state index contributed by atoms with van der Waals surface area (Å²) < 4.78 is 1.76. The first-order valence-corrected chi connectivity index (χ1v) is 3.83. The van der Waals surface area contributed by atoms with Crippen LogP contribution < -0.4 is 5.73 Å². The molecule has 0 atom stereocenters. The Balaban J connectivity index is 4.00. The summed E-state index contributed by atoms with van der Waals surface area (Å²) in [6, 6.07) is 0. The number of halogens is 1. The number of carbonyl (C=O) groups excluding carboxylic acids is 1. The van der Waals surface area contributed by atoms with E-state index >= 15 is 0 Å². The molecule has 0 saturated carbocycles. The zero-order valence-corrected chi connectivity index (χ0v) is 7.59. The molecule has 50 valence electrons. The number of nitrogens with two attached hydrogens (primary N) is 1. The van der Waals surface area contributed by atoms with Crippen molar-refractivity contribution in [3.05, 3.63) is 21.1 Å².